The lowest BCUT2D eigenvalue weighted by atomic mass is 9.81. The quantitative estimate of drug-likeness (QED) is 0.335. The molecule has 1 atom stereocenters. The molecule has 1 unspecified atom stereocenters. The normalized spacial score (nSPS) is 17.2. The van der Waals surface area contributed by atoms with Gasteiger partial charge in [-0.25, -0.2) is 4.98 Å². The topological polar surface area (TPSA) is 50.1 Å². The van der Waals surface area contributed by atoms with E-state index in [0.29, 0.717) is 5.89 Å². The number of anilines is 2. The number of hydrogen-bond acceptors (Lipinski definition) is 4. The fourth-order valence-corrected chi connectivity index (χ4v) is 4.77. The molecule has 0 spiro atoms. The molecule has 2 heterocycles. The molecule has 0 fully saturated rings. The minimum absolute atomic E-state index is 0.116. The summed E-state index contributed by atoms with van der Waals surface area (Å²) in [4.78, 5) is 4.66. The van der Waals surface area contributed by atoms with Crippen molar-refractivity contribution >= 4 is 22.5 Å². The number of oxazole rings is 1. The zero-order chi connectivity index (χ0) is 21.5. The van der Waals surface area contributed by atoms with Crippen molar-refractivity contribution in [3.8, 4) is 11.5 Å². The van der Waals surface area contributed by atoms with Crippen molar-refractivity contribution in [1.29, 1.82) is 0 Å². The van der Waals surface area contributed by atoms with E-state index in [-0.39, 0.29) is 5.92 Å². The predicted octanol–water partition coefficient (Wildman–Crippen LogP) is 6.88. The van der Waals surface area contributed by atoms with E-state index in [1.54, 1.807) is 0 Å². The van der Waals surface area contributed by atoms with Crippen LogP contribution >= 0.6 is 0 Å². The second-order valence-electron chi connectivity index (χ2n) is 8.45. The van der Waals surface area contributed by atoms with Crippen molar-refractivity contribution in [2.24, 2.45) is 0 Å². The molecule has 0 saturated heterocycles. The average molecular weight is 418 g/mol. The summed E-state index contributed by atoms with van der Waals surface area (Å²) < 4.78 is 5.99. The van der Waals surface area contributed by atoms with Gasteiger partial charge in [-0.05, 0) is 48.4 Å². The second kappa shape index (κ2) is 7.27. The van der Waals surface area contributed by atoms with E-state index in [1.807, 2.05) is 24.3 Å². The molecule has 0 aliphatic carbocycles. The van der Waals surface area contributed by atoms with Crippen LogP contribution in [0.15, 0.2) is 108 Å². The van der Waals surface area contributed by atoms with Crippen LogP contribution < -0.4 is 10.6 Å². The Morgan fingerprint density at radius 1 is 0.719 bits per heavy atom. The molecule has 6 rings (SSSR count). The molecule has 4 aromatic carbocycles. The maximum absolute atomic E-state index is 5.99. The van der Waals surface area contributed by atoms with Crippen molar-refractivity contribution in [2.75, 3.05) is 10.6 Å². The van der Waals surface area contributed by atoms with Crippen LogP contribution in [-0.2, 0) is 0 Å². The smallest absolute Gasteiger partial charge is 0.227 e. The molecule has 0 bridgehead atoms. The third kappa shape index (κ3) is 3.12. The van der Waals surface area contributed by atoms with E-state index in [0.717, 1.165) is 28.0 Å². The first-order valence-electron chi connectivity index (χ1n) is 10.9. The number of rotatable bonds is 4. The lowest BCUT2D eigenvalue weighted by Gasteiger charge is -2.36. The summed E-state index contributed by atoms with van der Waals surface area (Å²) in [7, 11) is 0. The predicted molar refractivity (Wildman–Crippen MR) is 130 cm³/mol. The zero-order valence-electron chi connectivity index (χ0n) is 17.7. The summed E-state index contributed by atoms with van der Waals surface area (Å²) >= 11 is 0. The molecule has 1 aliphatic heterocycles. The van der Waals surface area contributed by atoms with E-state index in [4.69, 9.17) is 4.42 Å². The number of benzene rings is 4. The number of fused-ring (bicyclic) bond motifs is 2. The molecule has 4 heteroatoms. The van der Waals surface area contributed by atoms with Crippen LogP contribution in [0.5, 0.6) is 0 Å². The highest BCUT2D eigenvalue weighted by molar-refractivity contribution is 5.83. The molecule has 0 radical (unpaired) electrons. The second-order valence-corrected chi connectivity index (χ2v) is 8.45. The van der Waals surface area contributed by atoms with Crippen LogP contribution in [0, 0.1) is 0 Å². The van der Waals surface area contributed by atoms with Gasteiger partial charge in [-0.15, -0.1) is 0 Å². The van der Waals surface area contributed by atoms with Crippen LogP contribution in [0.25, 0.3) is 22.6 Å². The molecular formula is C28H23N3O. The Kier molecular flexibility index (Phi) is 4.25. The molecule has 0 amide bonds. The lowest BCUT2D eigenvalue weighted by molar-refractivity contribution is 0.527. The molecule has 1 aromatic heterocycles. The van der Waals surface area contributed by atoms with Crippen molar-refractivity contribution in [1.82, 2.24) is 4.98 Å². The molecular weight excluding hydrogens is 394 g/mol. The van der Waals surface area contributed by atoms with Crippen LogP contribution in [-0.4, -0.2) is 10.6 Å². The Balaban J connectivity index is 1.39. The Labute approximate surface area is 186 Å². The summed E-state index contributed by atoms with van der Waals surface area (Å²) in [5.41, 5.74) is 6.86. The first-order valence-corrected chi connectivity index (χ1v) is 10.9. The number of hydrogen-bond donors (Lipinski definition) is 2. The minimum Gasteiger partial charge on any atom is -0.436 e. The number of aromatic nitrogens is 1. The van der Waals surface area contributed by atoms with Gasteiger partial charge in [0.25, 0.3) is 0 Å². The van der Waals surface area contributed by atoms with Crippen LogP contribution in [0.3, 0.4) is 0 Å². The molecule has 0 saturated carbocycles. The van der Waals surface area contributed by atoms with Crippen molar-refractivity contribution in [3.05, 3.63) is 114 Å². The highest BCUT2D eigenvalue weighted by atomic mass is 16.3. The third-order valence-electron chi connectivity index (χ3n) is 6.19. The average Bonchev–Trinajstić information content (AvgIpc) is 3.40. The maximum atomic E-state index is 5.99. The molecule has 156 valence electrons. The van der Waals surface area contributed by atoms with E-state index >= 15 is 0 Å². The first-order chi connectivity index (χ1) is 15.7. The standard InChI is InChI=1S/C28H23N3O/c1-28(26(19-10-4-2-5-11-19)20-12-6-3-7-13-20)30-22-17-16-21(18-24(22)31-28)27-29-23-14-8-9-15-25(23)32-27/h2-18,26,30-31H,1H3. The molecule has 4 nitrogen and oxygen atoms in total. The van der Waals surface area contributed by atoms with Gasteiger partial charge in [-0.1, -0.05) is 72.8 Å². The molecule has 32 heavy (non-hydrogen) atoms. The zero-order valence-corrected chi connectivity index (χ0v) is 17.7. The molecule has 5 aromatic rings. The van der Waals surface area contributed by atoms with Crippen LogP contribution in [0.4, 0.5) is 11.4 Å². The summed E-state index contributed by atoms with van der Waals surface area (Å²) in [6, 6.07) is 35.4. The fraction of sp³-hybridized carbons (Fsp3) is 0.107. The van der Waals surface area contributed by atoms with Crippen molar-refractivity contribution in [3.63, 3.8) is 0 Å². The summed E-state index contributed by atoms with van der Waals surface area (Å²) in [6.07, 6.45) is 0. The third-order valence-corrected chi connectivity index (χ3v) is 6.19. The van der Waals surface area contributed by atoms with Gasteiger partial charge in [0.2, 0.25) is 5.89 Å². The highest BCUT2D eigenvalue weighted by Crippen LogP contribution is 2.45. The first kappa shape index (κ1) is 18.7. The van der Waals surface area contributed by atoms with E-state index in [9.17, 15) is 0 Å². The summed E-state index contributed by atoms with van der Waals surface area (Å²) in [5.74, 6) is 0.747. The Morgan fingerprint density at radius 2 is 1.34 bits per heavy atom. The molecule has 2 N–H and O–H groups in total. The van der Waals surface area contributed by atoms with E-state index in [1.165, 1.54) is 11.1 Å². The van der Waals surface area contributed by atoms with Gasteiger partial charge in [0.1, 0.15) is 11.2 Å². The van der Waals surface area contributed by atoms with Gasteiger partial charge in [0, 0.05) is 5.56 Å². The minimum atomic E-state index is -0.398. The van der Waals surface area contributed by atoms with Crippen LogP contribution in [0.2, 0.25) is 0 Å². The van der Waals surface area contributed by atoms with Gasteiger partial charge < -0.3 is 15.1 Å². The van der Waals surface area contributed by atoms with Gasteiger partial charge >= 0.3 is 0 Å². The molecule has 1 aliphatic rings. The van der Waals surface area contributed by atoms with Gasteiger partial charge in [0.05, 0.1) is 17.3 Å². The Hall–Kier alpha value is -4.05. The monoisotopic (exact) mass is 417 g/mol. The number of nitrogens with zero attached hydrogens (tertiary/aromatic N) is 1. The van der Waals surface area contributed by atoms with Gasteiger partial charge in [-0.2, -0.15) is 0 Å². The maximum Gasteiger partial charge on any atom is 0.227 e. The Bertz CT molecular complexity index is 1320. The SMILES string of the molecule is CC1(C(c2ccccc2)c2ccccc2)Nc2ccc(-c3nc4ccccc4o3)cc2N1. The number of nitrogens with one attached hydrogen (secondary N) is 2. The summed E-state index contributed by atoms with van der Waals surface area (Å²) in [6.45, 7) is 2.22. The fourth-order valence-electron chi connectivity index (χ4n) is 4.77. The van der Waals surface area contributed by atoms with E-state index < -0.39 is 5.66 Å². The largest absolute Gasteiger partial charge is 0.436 e. The van der Waals surface area contributed by atoms with Crippen molar-refractivity contribution < 1.29 is 4.42 Å². The highest BCUT2D eigenvalue weighted by Gasteiger charge is 2.41. The summed E-state index contributed by atoms with van der Waals surface area (Å²) in [5, 5.41) is 7.52. The van der Waals surface area contributed by atoms with Crippen LogP contribution in [0.1, 0.15) is 24.0 Å². The van der Waals surface area contributed by atoms with Crippen molar-refractivity contribution in [2.45, 2.75) is 18.5 Å². The lowest BCUT2D eigenvalue weighted by Crippen LogP contribution is -2.45. The number of para-hydroxylation sites is 2. The van der Waals surface area contributed by atoms with E-state index in [2.05, 4.69) is 101 Å². The Morgan fingerprint density at radius 3 is 2.03 bits per heavy atom. The van der Waals surface area contributed by atoms with Gasteiger partial charge in [-0.3, -0.25) is 0 Å². The van der Waals surface area contributed by atoms with Gasteiger partial charge in [0.15, 0.2) is 5.58 Å².